The van der Waals surface area contributed by atoms with E-state index in [1.807, 2.05) is 19.1 Å². The molecular formula is C8H5BrClNO. The van der Waals surface area contributed by atoms with E-state index < -0.39 is 0 Å². The third-order valence-electron chi connectivity index (χ3n) is 1.61. The van der Waals surface area contributed by atoms with Crippen LogP contribution in [0.5, 0.6) is 0 Å². The van der Waals surface area contributed by atoms with Crippen molar-refractivity contribution in [3.8, 4) is 0 Å². The van der Waals surface area contributed by atoms with Crippen LogP contribution in [0.15, 0.2) is 21.0 Å². The molecule has 0 unspecified atom stereocenters. The van der Waals surface area contributed by atoms with Gasteiger partial charge in [0.05, 0.1) is 0 Å². The second-order valence-electron chi connectivity index (χ2n) is 2.54. The fraction of sp³-hybridized carbons (Fsp3) is 0.125. The first-order chi connectivity index (χ1) is 5.66. The molecule has 0 aliphatic carbocycles. The number of hydrogen-bond donors (Lipinski definition) is 0. The molecule has 0 fully saturated rings. The fourth-order valence-electron chi connectivity index (χ4n) is 1.13. The highest BCUT2D eigenvalue weighted by Crippen LogP contribution is 2.25. The fourth-order valence-corrected chi connectivity index (χ4v) is 1.86. The first kappa shape index (κ1) is 8.08. The molecule has 62 valence electrons. The molecule has 0 spiro atoms. The summed E-state index contributed by atoms with van der Waals surface area (Å²) in [5, 5.41) is 0.186. The normalized spacial score (nSPS) is 10.9. The van der Waals surface area contributed by atoms with Gasteiger partial charge < -0.3 is 4.42 Å². The van der Waals surface area contributed by atoms with Gasteiger partial charge in [0.15, 0.2) is 5.58 Å². The summed E-state index contributed by atoms with van der Waals surface area (Å²) < 4.78 is 6.17. The lowest BCUT2D eigenvalue weighted by Crippen LogP contribution is -1.74. The zero-order valence-corrected chi connectivity index (χ0v) is 8.61. The van der Waals surface area contributed by atoms with Gasteiger partial charge in [-0.25, -0.2) is 0 Å². The molecule has 0 saturated heterocycles. The van der Waals surface area contributed by atoms with Crippen molar-refractivity contribution >= 4 is 38.6 Å². The predicted molar refractivity (Wildman–Crippen MR) is 51.5 cm³/mol. The third kappa shape index (κ3) is 1.23. The first-order valence-electron chi connectivity index (χ1n) is 3.39. The Morgan fingerprint density at radius 1 is 1.50 bits per heavy atom. The smallest absolute Gasteiger partial charge is 0.293 e. The Kier molecular flexibility index (Phi) is 1.85. The number of benzene rings is 1. The standard InChI is InChI=1S/C8H5BrClNO/c1-4-2-5(9)3-6-7(4)12-8(10)11-6/h2-3H,1H3. The molecule has 12 heavy (non-hydrogen) atoms. The van der Waals surface area contributed by atoms with E-state index in [9.17, 15) is 0 Å². The van der Waals surface area contributed by atoms with Gasteiger partial charge in [0.2, 0.25) is 0 Å². The minimum absolute atomic E-state index is 0.186. The van der Waals surface area contributed by atoms with Crippen molar-refractivity contribution in [1.29, 1.82) is 0 Å². The second-order valence-corrected chi connectivity index (χ2v) is 3.78. The van der Waals surface area contributed by atoms with Gasteiger partial charge in [-0.2, -0.15) is 4.98 Å². The highest BCUT2D eigenvalue weighted by molar-refractivity contribution is 9.10. The number of aromatic nitrogens is 1. The minimum atomic E-state index is 0.186. The van der Waals surface area contributed by atoms with E-state index >= 15 is 0 Å². The number of aryl methyl sites for hydroxylation is 1. The number of rotatable bonds is 0. The molecule has 0 aliphatic rings. The van der Waals surface area contributed by atoms with Crippen molar-refractivity contribution in [3.05, 3.63) is 27.5 Å². The van der Waals surface area contributed by atoms with E-state index in [-0.39, 0.29) is 5.35 Å². The maximum atomic E-state index is 5.61. The molecule has 0 atom stereocenters. The van der Waals surface area contributed by atoms with Crippen LogP contribution in [0.25, 0.3) is 11.1 Å². The molecule has 4 heteroatoms. The predicted octanol–water partition coefficient (Wildman–Crippen LogP) is 3.55. The van der Waals surface area contributed by atoms with Crippen molar-refractivity contribution in [3.63, 3.8) is 0 Å². The second kappa shape index (κ2) is 2.75. The quantitative estimate of drug-likeness (QED) is 0.710. The number of oxazole rings is 1. The number of hydrogen-bond acceptors (Lipinski definition) is 2. The van der Waals surface area contributed by atoms with Crippen molar-refractivity contribution in [2.45, 2.75) is 6.92 Å². The van der Waals surface area contributed by atoms with Crippen LogP contribution in [0.3, 0.4) is 0 Å². The van der Waals surface area contributed by atoms with Crippen molar-refractivity contribution in [2.24, 2.45) is 0 Å². The van der Waals surface area contributed by atoms with Gasteiger partial charge in [-0.3, -0.25) is 0 Å². The molecule has 0 bridgehead atoms. The van der Waals surface area contributed by atoms with E-state index in [0.717, 1.165) is 21.1 Å². The largest absolute Gasteiger partial charge is 0.427 e. The van der Waals surface area contributed by atoms with Crippen LogP contribution in [-0.4, -0.2) is 4.98 Å². The summed E-state index contributed by atoms with van der Waals surface area (Å²) in [4.78, 5) is 4.00. The van der Waals surface area contributed by atoms with Crippen molar-refractivity contribution in [2.75, 3.05) is 0 Å². The van der Waals surface area contributed by atoms with Crippen LogP contribution in [0.4, 0.5) is 0 Å². The number of nitrogens with zero attached hydrogens (tertiary/aromatic N) is 1. The molecule has 2 nitrogen and oxygen atoms in total. The summed E-state index contributed by atoms with van der Waals surface area (Å²) in [5.74, 6) is 0. The van der Waals surface area contributed by atoms with Gasteiger partial charge >= 0.3 is 0 Å². The minimum Gasteiger partial charge on any atom is -0.427 e. The molecule has 2 aromatic rings. The van der Waals surface area contributed by atoms with E-state index in [0.29, 0.717) is 0 Å². The van der Waals surface area contributed by atoms with Crippen LogP contribution >= 0.6 is 27.5 Å². The lowest BCUT2D eigenvalue weighted by molar-refractivity contribution is 0.602. The Balaban J connectivity index is 2.88. The maximum Gasteiger partial charge on any atom is 0.293 e. The molecule has 2 rings (SSSR count). The Labute approximate surface area is 82.7 Å². The molecular weight excluding hydrogens is 241 g/mol. The van der Waals surface area contributed by atoms with Gasteiger partial charge in [0.1, 0.15) is 5.52 Å². The van der Waals surface area contributed by atoms with Gasteiger partial charge in [-0.05, 0) is 36.2 Å². The SMILES string of the molecule is Cc1cc(Br)cc2nc(Cl)oc12. The Morgan fingerprint density at radius 3 is 3.00 bits per heavy atom. The molecule has 1 aromatic heterocycles. The monoisotopic (exact) mass is 245 g/mol. The van der Waals surface area contributed by atoms with Crippen molar-refractivity contribution < 1.29 is 4.42 Å². The molecule has 1 heterocycles. The highest BCUT2D eigenvalue weighted by atomic mass is 79.9. The van der Waals surface area contributed by atoms with E-state index in [2.05, 4.69) is 20.9 Å². The van der Waals surface area contributed by atoms with E-state index in [4.69, 9.17) is 16.0 Å². The summed E-state index contributed by atoms with van der Waals surface area (Å²) in [6.07, 6.45) is 0. The molecule has 0 saturated carbocycles. The van der Waals surface area contributed by atoms with Crippen LogP contribution < -0.4 is 0 Å². The molecule has 1 aromatic carbocycles. The summed E-state index contributed by atoms with van der Waals surface area (Å²) in [6, 6.07) is 3.83. The van der Waals surface area contributed by atoms with Crippen LogP contribution in [0, 0.1) is 6.92 Å². The van der Waals surface area contributed by atoms with Gasteiger partial charge in [-0.15, -0.1) is 0 Å². The Bertz CT molecular complexity index is 438. The summed E-state index contributed by atoms with van der Waals surface area (Å²) in [6.45, 7) is 1.95. The summed E-state index contributed by atoms with van der Waals surface area (Å²) in [5.41, 5.74) is 2.56. The summed E-state index contributed by atoms with van der Waals surface area (Å²) >= 11 is 8.98. The first-order valence-corrected chi connectivity index (χ1v) is 4.56. The average molecular weight is 246 g/mol. The molecule has 0 aliphatic heterocycles. The Hall–Kier alpha value is -0.540. The zero-order chi connectivity index (χ0) is 8.72. The highest BCUT2D eigenvalue weighted by Gasteiger charge is 2.06. The summed E-state index contributed by atoms with van der Waals surface area (Å²) in [7, 11) is 0. The lowest BCUT2D eigenvalue weighted by Gasteiger charge is -1.93. The van der Waals surface area contributed by atoms with Gasteiger partial charge in [0.25, 0.3) is 5.35 Å². The Morgan fingerprint density at radius 2 is 2.25 bits per heavy atom. The molecule has 0 N–H and O–H groups in total. The van der Waals surface area contributed by atoms with Gasteiger partial charge in [-0.1, -0.05) is 15.9 Å². The zero-order valence-electron chi connectivity index (χ0n) is 6.27. The topological polar surface area (TPSA) is 26.0 Å². The number of fused-ring (bicyclic) bond motifs is 1. The lowest BCUT2D eigenvalue weighted by atomic mass is 10.2. The molecule has 0 radical (unpaired) electrons. The van der Waals surface area contributed by atoms with E-state index in [1.54, 1.807) is 0 Å². The molecule has 0 amide bonds. The van der Waals surface area contributed by atoms with Gasteiger partial charge in [0, 0.05) is 4.47 Å². The van der Waals surface area contributed by atoms with Crippen LogP contribution in [0.1, 0.15) is 5.56 Å². The average Bonchev–Trinajstić information content (AvgIpc) is 2.29. The number of halogens is 2. The van der Waals surface area contributed by atoms with Crippen molar-refractivity contribution in [1.82, 2.24) is 4.98 Å². The van der Waals surface area contributed by atoms with E-state index in [1.165, 1.54) is 0 Å². The maximum absolute atomic E-state index is 5.61. The van der Waals surface area contributed by atoms with Crippen LogP contribution in [-0.2, 0) is 0 Å². The third-order valence-corrected chi connectivity index (χ3v) is 2.23. The van der Waals surface area contributed by atoms with Crippen LogP contribution in [0.2, 0.25) is 5.35 Å².